The first-order valence-corrected chi connectivity index (χ1v) is 8.00. The predicted molar refractivity (Wildman–Crippen MR) is 92.2 cm³/mol. The van der Waals surface area contributed by atoms with E-state index in [1.54, 1.807) is 0 Å². The molecule has 22 heavy (non-hydrogen) atoms. The van der Waals surface area contributed by atoms with Crippen LogP contribution in [0.5, 0.6) is 0 Å². The molecule has 116 valence electrons. The first-order valence-electron chi connectivity index (χ1n) is 7.62. The Balaban J connectivity index is 2.16. The summed E-state index contributed by atoms with van der Waals surface area (Å²) in [6.45, 7) is 2.30. The van der Waals surface area contributed by atoms with Gasteiger partial charge in [-0.05, 0) is 49.1 Å². The Morgan fingerprint density at radius 1 is 1.41 bits per heavy atom. The van der Waals surface area contributed by atoms with E-state index >= 15 is 0 Å². The van der Waals surface area contributed by atoms with Crippen molar-refractivity contribution in [3.8, 4) is 0 Å². The molecule has 1 aliphatic rings. The van der Waals surface area contributed by atoms with Crippen molar-refractivity contribution in [1.82, 2.24) is 4.57 Å². The molecule has 2 atom stereocenters. The largest absolute Gasteiger partial charge is 0.389 e. The number of halogens is 1. The fourth-order valence-electron chi connectivity index (χ4n) is 3.23. The number of aliphatic hydroxyl groups excluding tert-OH is 1. The van der Waals surface area contributed by atoms with Crippen LogP contribution in [0.4, 0.5) is 0 Å². The maximum absolute atomic E-state index is 10.5. The molecule has 1 aromatic carbocycles. The first kappa shape index (κ1) is 15.3. The highest BCUT2D eigenvalue weighted by Gasteiger charge is 2.26. The number of aromatic nitrogens is 1. The second-order valence-electron chi connectivity index (χ2n) is 5.84. The minimum Gasteiger partial charge on any atom is -0.389 e. The van der Waals surface area contributed by atoms with E-state index < -0.39 is 6.10 Å². The number of rotatable bonds is 4. The van der Waals surface area contributed by atoms with E-state index in [0.717, 1.165) is 34.3 Å². The zero-order valence-corrected chi connectivity index (χ0v) is 13.4. The van der Waals surface area contributed by atoms with Gasteiger partial charge in [-0.25, -0.2) is 0 Å². The Morgan fingerprint density at radius 2 is 2.23 bits per heavy atom. The average molecular weight is 317 g/mol. The van der Waals surface area contributed by atoms with Crippen molar-refractivity contribution in [3.63, 3.8) is 0 Å². The number of hydrogen-bond acceptors (Lipinski definition) is 2. The van der Waals surface area contributed by atoms with Crippen molar-refractivity contribution in [1.29, 1.82) is 0 Å². The van der Waals surface area contributed by atoms with Crippen LogP contribution in [0.15, 0.2) is 48.2 Å². The third-order valence-corrected chi connectivity index (χ3v) is 4.56. The number of aryl methyl sites for hydroxylation is 1. The molecule has 1 aliphatic carbocycles. The number of nitrogens with zero attached hydrogens (tertiary/aromatic N) is 1. The molecule has 0 aliphatic heterocycles. The lowest BCUT2D eigenvalue weighted by molar-refractivity contribution is 0.136. The number of hydrogen-bond donors (Lipinski definition) is 2. The highest BCUT2D eigenvalue weighted by atomic mass is 35.5. The van der Waals surface area contributed by atoms with E-state index in [2.05, 4.69) is 35.9 Å². The molecule has 1 unspecified atom stereocenters. The Labute approximate surface area is 135 Å². The molecule has 0 saturated carbocycles. The van der Waals surface area contributed by atoms with Gasteiger partial charge in [-0.15, -0.1) is 0 Å². The molecule has 3 rings (SSSR count). The van der Waals surface area contributed by atoms with Crippen LogP contribution < -0.4 is 5.73 Å². The van der Waals surface area contributed by atoms with Gasteiger partial charge in [0.15, 0.2) is 0 Å². The van der Waals surface area contributed by atoms with E-state index in [-0.39, 0.29) is 12.6 Å². The lowest BCUT2D eigenvalue weighted by atomic mass is 9.93. The van der Waals surface area contributed by atoms with Crippen LogP contribution in [0.25, 0.3) is 10.9 Å². The summed E-state index contributed by atoms with van der Waals surface area (Å²) in [6.07, 6.45) is 9.74. The molecule has 1 aromatic heterocycles. The Morgan fingerprint density at radius 3 is 2.91 bits per heavy atom. The molecule has 0 bridgehead atoms. The summed E-state index contributed by atoms with van der Waals surface area (Å²) < 4.78 is 2.14. The normalized spacial score (nSPS) is 17.5. The van der Waals surface area contributed by atoms with Crippen molar-refractivity contribution in [3.05, 3.63) is 58.8 Å². The van der Waals surface area contributed by atoms with Crippen molar-refractivity contribution in [2.45, 2.75) is 31.9 Å². The van der Waals surface area contributed by atoms with Crippen molar-refractivity contribution < 1.29 is 5.11 Å². The van der Waals surface area contributed by atoms with Gasteiger partial charge < -0.3 is 15.4 Å². The van der Waals surface area contributed by atoms with Gasteiger partial charge in [0.2, 0.25) is 0 Å². The van der Waals surface area contributed by atoms with Gasteiger partial charge in [0, 0.05) is 28.7 Å². The van der Waals surface area contributed by atoms with E-state index in [4.69, 9.17) is 17.3 Å². The summed E-state index contributed by atoms with van der Waals surface area (Å²) in [7, 11) is 0. The molecule has 0 fully saturated rings. The third-order valence-electron chi connectivity index (χ3n) is 4.33. The molecule has 0 amide bonds. The molecular weight excluding hydrogens is 296 g/mol. The van der Waals surface area contributed by atoms with Crippen molar-refractivity contribution >= 4 is 22.5 Å². The minimum absolute atomic E-state index is 0.132. The highest BCUT2D eigenvalue weighted by molar-refractivity contribution is 6.31. The third kappa shape index (κ3) is 2.72. The van der Waals surface area contributed by atoms with Gasteiger partial charge in [0.05, 0.1) is 12.1 Å². The number of allylic oxidation sites excluding steroid dienone is 3. The summed E-state index contributed by atoms with van der Waals surface area (Å²) >= 11 is 6.12. The Kier molecular flexibility index (Phi) is 4.39. The standard InChI is InChI=1S/C18H21ClN2O/c1-12-11-21(16-8-7-14(19)9-15(12)16)18(17(22)10-20)13-5-3-2-4-6-13/h2-3,5,7-9,11,17-18,22H,4,6,10,20H2,1H3/t17?,18-/m0/s1. The summed E-state index contributed by atoms with van der Waals surface area (Å²) in [5, 5.41) is 12.4. The molecule has 0 saturated heterocycles. The molecular formula is C18H21ClN2O. The molecule has 3 N–H and O–H groups in total. The van der Waals surface area contributed by atoms with Crippen molar-refractivity contribution in [2.24, 2.45) is 5.73 Å². The number of benzene rings is 1. The van der Waals surface area contributed by atoms with Crippen molar-refractivity contribution in [2.75, 3.05) is 6.54 Å². The lowest BCUT2D eigenvalue weighted by Crippen LogP contribution is -2.32. The van der Waals surface area contributed by atoms with Crippen LogP contribution in [0.2, 0.25) is 5.02 Å². The smallest absolute Gasteiger partial charge is 0.0907 e. The van der Waals surface area contributed by atoms with Crippen LogP contribution >= 0.6 is 11.6 Å². The average Bonchev–Trinajstić information content (AvgIpc) is 2.85. The monoisotopic (exact) mass is 316 g/mol. The maximum Gasteiger partial charge on any atom is 0.0907 e. The van der Waals surface area contributed by atoms with Gasteiger partial charge in [-0.3, -0.25) is 0 Å². The summed E-state index contributed by atoms with van der Waals surface area (Å²) in [4.78, 5) is 0. The van der Waals surface area contributed by atoms with Crippen LogP contribution in [0.3, 0.4) is 0 Å². The van der Waals surface area contributed by atoms with Crippen LogP contribution in [0.1, 0.15) is 24.4 Å². The van der Waals surface area contributed by atoms with E-state index in [0.29, 0.717) is 0 Å². The quantitative estimate of drug-likeness (QED) is 0.902. The fourth-order valence-corrected chi connectivity index (χ4v) is 3.41. The molecule has 4 heteroatoms. The second-order valence-corrected chi connectivity index (χ2v) is 6.27. The second kappa shape index (κ2) is 6.29. The van der Waals surface area contributed by atoms with E-state index in [9.17, 15) is 5.11 Å². The topological polar surface area (TPSA) is 51.2 Å². The highest BCUT2D eigenvalue weighted by Crippen LogP contribution is 2.34. The van der Waals surface area contributed by atoms with E-state index in [1.165, 1.54) is 5.57 Å². The van der Waals surface area contributed by atoms with Crippen LogP contribution in [0, 0.1) is 6.92 Å². The zero-order valence-electron chi connectivity index (χ0n) is 12.7. The van der Waals surface area contributed by atoms with Gasteiger partial charge in [0.25, 0.3) is 0 Å². The predicted octanol–water partition coefficient (Wildman–Crippen LogP) is 3.74. The molecule has 1 heterocycles. The number of fused-ring (bicyclic) bond motifs is 1. The van der Waals surface area contributed by atoms with Gasteiger partial charge >= 0.3 is 0 Å². The van der Waals surface area contributed by atoms with Gasteiger partial charge in [-0.2, -0.15) is 0 Å². The number of aliphatic hydroxyl groups is 1. The fraction of sp³-hybridized carbons (Fsp3) is 0.333. The SMILES string of the molecule is Cc1cn([C@@H](C2=CC=CCC2)C(O)CN)c2ccc(Cl)cc12. The summed E-state index contributed by atoms with van der Waals surface area (Å²) in [6, 6.07) is 5.75. The molecule has 2 aromatic rings. The Hall–Kier alpha value is -1.55. The summed E-state index contributed by atoms with van der Waals surface area (Å²) in [5.74, 6) is 0. The van der Waals surface area contributed by atoms with Gasteiger partial charge in [-0.1, -0.05) is 29.8 Å². The maximum atomic E-state index is 10.5. The first-order chi connectivity index (χ1) is 10.6. The zero-order chi connectivity index (χ0) is 15.7. The molecule has 0 spiro atoms. The van der Waals surface area contributed by atoms with Gasteiger partial charge in [0.1, 0.15) is 0 Å². The van der Waals surface area contributed by atoms with Crippen LogP contribution in [-0.2, 0) is 0 Å². The molecule has 3 nitrogen and oxygen atoms in total. The lowest BCUT2D eigenvalue weighted by Gasteiger charge is -2.28. The number of nitrogens with two attached hydrogens (primary N) is 1. The summed E-state index contributed by atoms with van der Waals surface area (Å²) in [5.41, 5.74) is 9.21. The van der Waals surface area contributed by atoms with E-state index in [1.807, 2.05) is 18.2 Å². The minimum atomic E-state index is -0.608. The van der Waals surface area contributed by atoms with Crippen LogP contribution in [-0.4, -0.2) is 22.3 Å². The molecule has 0 radical (unpaired) electrons. The Bertz CT molecular complexity index is 745.